The van der Waals surface area contributed by atoms with Gasteiger partial charge in [0, 0.05) is 54.9 Å². The Kier molecular flexibility index (Phi) is 10.3. The predicted octanol–water partition coefficient (Wildman–Crippen LogP) is 7.70. The zero-order valence-electron chi connectivity index (χ0n) is 30.2. The van der Waals surface area contributed by atoms with Crippen LogP contribution < -0.4 is 14.4 Å². The van der Waals surface area contributed by atoms with Gasteiger partial charge in [0.05, 0.1) is 31.1 Å². The van der Waals surface area contributed by atoms with E-state index in [0.717, 1.165) is 61.7 Å². The monoisotopic (exact) mass is 743 g/mol. The fourth-order valence-electron chi connectivity index (χ4n) is 9.16. The van der Waals surface area contributed by atoms with Gasteiger partial charge in [-0.15, -0.1) is 4.36 Å². The molecule has 0 saturated heterocycles. The van der Waals surface area contributed by atoms with Crippen molar-refractivity contribution < 1.29 is 23.2 Å². The zero-order valence-corrected chi connectivity index (χ0v) is 31.8. The Hall–Kier alpha value is -3.21. The maximum Gasteiger partial charge on any atom is 0.286 e. The summed E-state index contributed by atoms with van der Waals surface area (Å²) < 4.78 is 41.4. The van der Waals surface area contributed by atoms with E-state index in [1.807, 2.05) is 30.3 Å². The van der Waals surface area contributed by atoms with Crippen molar-refractivity contribution in [3.05, 3.63) is 106 Å². The second-order valence-electron chi connectivity index (χ2n) is 15.7. The fraction of sp³-hybridized carbons (Fsp3) is 0.500. The van der Waals surface area contributed by atoms with Gasteiger partial charge in [-0.3, -0.25) is 4.79 Å². The standard InChI is InChI=1S/C42H50ClN3O5S/c1-28-7-5-11-39(49-2)36-15-12-32(36)23-46-26-42(18-6-10-30-19-34(43)14-16-37(30)42)27-51-40-17-13-31(21-38(40)46)41(47)45-52(48,25-28)44-22-35-20-29-8-3-4-9-33(29)24-50-35/h3-5,8-9,11,13-14,16-17,19,21,28,32,35-36,39H,6-7,10,12,15,18,20,22-27H2,1-2H3,(H,44,45,47,48)/b11-5-/t28-,32-,35+,36+,39-,42-,52?/m0/s1. The number of nitrogens with zero attached hydrogens (tertiary/aromatic N) is 2. The first-order chi connectivity index (χ1) is 25.2. The SMILES string of the molecule is CO[C@H]1/C=C\C[C@H](C)CS(=O)(NC[C@H]2Cc3ccccc3CO2)=NC(=O)c2ccc3c(c2)N(C[C@@H]2CC[C@H]21)C[C@@]1(CCCc2cc(Cl)ccc21)CO3. The summed E-state index contributed by atoms with van der Waals surface area (Å²) >= 11 is 6.48. The second kappa shape index (κ2) is 14.9. The quantitative estimate of drug-likeness (QED) is 0.276. The molecule has 1 N–H and O–H groups in total. The third kappa shape index (κ3) is 7.32. The number of methoxy groups -OCH3 is 1. The highest BCUT2D eigenvalue weighted by molar-refractivity contribution is 7.92. The molecular weight excluding hydrogens is 694 g/mol. The number of fused-ring (bicyclic) bond motifs is 5. The van der Waals surface area contributed by atoms with E-state index in [0.29, 0.717) is 50.0 Å². The number of ether oxygens (including phenoxy) is 3. The van der Waals surface area contributed by atoms with Crippen molar-refractivity contribution in [2.75, 3.05) is 44.0 Å². The topological polar surface area (TPSA) is 89.5 Å². The molecule has 10 heteroatoms. The first kappa shape index (κ1) is 35.8. The van der Waals surface area contributed by atoms with Crippen LogP contribution in [0.5, 0.6) is 5.75 Å². The lowest BCUT2D eigenvalue weighted by Gasteiger charge is -2.46. The summed E-state index contributed by atoms with van der Waals surface area (Å²) in [4.78, 5) is 16.6. The number of anilines is 1. The molecule has 0 aromatic heterocycles. The van der Waals surface area contributed by atoms with Gasteiger partial charge >= 0.3 is 0 Å². The van der Waals surface area contributed by atoms with Crippen LogP contribution in [0.15, 0.2) is 77.2 Å². The Morgan fingerprint density at radius 1 is 1.10 bits per heavy atom. The molecule has 2 bridgehead atoms. The normalized spacial score (nSPS) is 32.2. The number of carbonyl (C=O) groups is 1. The lowest BCUT2D eigenvalue weighted by atomic mass is 9.68. The van der Waals surface area contributed by atoms with Crippen LogP contribution in [-0.4, -0.2) is 61.4 Å². The molecule has 5 aliphatic rings. The number of hydrogen-bond donors (Lipinski definition) is 1. The van der Waals surface area contributed by atoms with Crippen LogP contribution in [0.3, 0.4) is 0 Å². The molecule has 3 heterocycles. The summed E-state index contributed by atoms with van der Waals surface area (Å²) in [6, 6.07) is 20.2. The van der Waals surface area contributed by atoms with Gasteiger partial charge in [-0.2, -0.15) is 0 Å². The summed E-state index contributed by atoms with van der Waals surface area (Å²) in [7, 11) is -1.34. The van der Waals surface area contributed by atoms with Gasteiger partial charge in [-0.25, -0.2) is 8.93 Å². The molecule has 276 valence electrons. The third-order valence-corrected chi connectivity index (χ3v) is 14.4. The van der Waals surface area contributed by atoms with E-state index < -0.39 is 15.8 Å². The average Bonchev–Trinajstić information content (AvgIpc) is 3.28. The molecule has 1 saturated carbocycles. The van der Waals surface area contributed by atoms with Gasteiger partial charge < -0.3 is 19.1 Å². The van der Waals surface area contributed by atoms with Crippen molar-refractivity contribution in [2.24, 2.45) is 22.1 Å². The fourth-order valence-corrected chi connectivity index (χ4v) is 11.3. The van der Waals surface area contributed by atoms with Gasteiger partial charge in [0.25, 0.3) is 5.91 Å². The number of amides is 1. The lowest BCUT2D eigenvalue weighted by Crippen LogP contribution is -2.49. The molecule has 1 amide bonds. The van der Waals surface area contributed by atoms with E-state index in [1.165, 1.54) is 22.3 Å². The van der Waals surface area contributed by atoms with Gasteiger partial charge in [0.15, 0.2) is 0 Å². The molecule has 1 spiro atoms. The number of rotatable bonds is 4. The molecule has 3 aromatic carbocycles. The number of aryl methyl sites for hydroxylation is 1. The smallest absolute Gasteiger partial charge is 0.286 e. The summed E-state index contributed by atoms with van der Waals surface area (Å²) in [6.07, 6.45) is 10.9. The molecule has 1 fully saturated rings. The lowest BCUT2D eigenvalue weighted by molar-refractivity contribution is 0.0131. The van der Waals surface area contributed by atoms with Crippen molar-refractivity contribution >= 4 is 33.1 Å². The van der Waals surface area contributed by atoms with Crippen LogP contribution >= 0.6 is 11.6 Å². The van der Waals surface area contributed by atoms with E-state index in [4.69, 9.17) is 25.8 Å². The first-order valence-electron chi connectivity index (χ1n) is 18.9. The summed E-state index contributed by atoms with van der Waals surface area (Å²) in [5.74, 6) is 1.35. The van der Waals surface area contributed by atoms with Crippen molar-refractivity contribution in [1.82, 2.24) is 4.72 Å². The van der Waals surface area contributed by atoms with Crippen molar-refractivity contribution in [1.29, 1.82) is 0 Å². The average molecular weight is 744 g/mol. The van der Waals surface area contributed by atoms with E-state index in [1.54, 1.807) is 13.2 Å². The second-order valence-corrected chi connectivity index (χ2v) is 18.2. The van der Waals surface area contributed by atoms with Crippen LogP contribution in [0.2, 0.25) is 5.02 Å². The maximum absolute atomic E-state index is 14.7. The van der Waals surface area contributed by atoms with Gasteiger partial charge in [0.2, 0.25) is 0 Å². The molecule has 8 rings (SSSR count). The van der Waals surface area contributed by atoms with Gasteiger partial charge in [-0.05, 0) is 109 Å². The van der Waals surface area contributed by atoms with Crippen LogP contribution in [0.1, 0.15) is 71.6 Å². The molecule has 2 aliphatic carbocycles. The summed E-state index contributed by atoms with van der Waals surface area (Å²) in [5, 5.41) is 0.763. The minimum Gasteiger partial charge on any atom is -0.490 e. The molecule has 52 heavy (non-hydrogen) atoms. The Bertz CT molecular complexity index is 1980. The summed E-state index contributed by atoms with van der Waals surface area (Å²) in [5.41, 5.74) is 6.10. The Morgan fingerprint density at radius 2 is 1.96 bits per heavy atom. The third-order valence-electron chi connectivity index (χ3n) is 12.1. The first-order valence-corrected chi connectivity index (χ1v) is 21.0. The minimum atomic E-state index is -3.15. The number of benzene rings is 3. The van der Waals surface area contributed by atoms with Gasteiger partial charge in [0.1, 0.15) is 15.7 Å². The largest absolute Gasteiger partial charge is 0.490 e. The van der Waals surface area contributed by atoms with Gasteiger partial charge in [-0.1, -0.05) is 61.0 Å². The van der Waals surface area contributed by atoms with E-state index in [2.05, 4.69) is 57.3 Å². The molecular formula is C42H50ClN3O5S. The number of allylic oxidation sites excluding steroid dienone is 1. The van der Waals surface area contributed by atoms with Crippen molar-refractivity contribution in [3.8, 4) is 5.75 Å². The predicted molar refractivity (Wildman–Crippen MR) is 207 cm³/mol. The van der Waals surface area contributed by atoms with Crippen molar-refractivity contribution in [2.45, 2.75) is 76.1 Å². The highest BCUT2D eigenvalue weighted by Crippen LogP contribution is 2.47. The number of nitrogens with one attached hydrogen (secondary N) is 1. The van der Waals surface area contributed by atoms with Crippen LogP contribution in [0.4, 0.5) is 5.69 Å². The molecule has 1 unspecified atom stereocenters. The molecule has 3 aliphatic heterocycles. The number of hydrogen-bond acceptors (Lipinski definition) is 6. The highest BCUT2D eigenvalue weighted by Gasteiger charge is 2.44. The molecule has 7 atom stereocenters. The van der Waals surface area contributed by atoms with Crippen LogP contribution in [0.25, 0.3) is 0 Å². The Labute approximate surface area is 313 Å². The highest BCUT2D eigenvalue weighted by atomic mass is 35.5. The van der Waals surface area contributed by atoms with E-state index in [-0.39, 0.29) is 29.3 Å². The van der Waals surface area contributed by atoms with Crippen LogP contribution in [-0.2, 0) is 44.3 Å². The maximum atomic E-state index is 14.7. The van der Waals surface area contributed by atoms with Crippen LogP contribution in [0, 0.1) is 17.8 Å². The van der Waals surface area contributed by atoms with E-state index >= 15 is 0 Å². The molecule has 0 radical (unpaired) electrons. The van der Waals surface area contributed by atoms with Crippen molar-refractivity contribution in [3.63, 3.8) is 0 Å². The number of carbonyl (C=O) groups excluding carboxylic acids is 1. The summed E-state index contributed by atoms with van der Waals surface area (Å²) in [6.45, 7) is 5.05. The molecule has 8 nitrogen and oxygen atoms in total. The minimum absolute atomic E-state index is 0.000490. The zero-order chi connectivity index (χ0) is 35.9. The Morgan fingerprint density at radius 3 is 2.79 bits per heavy atom. The Balaban J connectivity index is 1.15. The molecule has 3 aromatic rings. The van der Waals surface area contributed by atoms with E-state index in [9.17, 15) is 9.00 Å². The number of halogens is 1.